The number of para-hydroxylation sites is 1. The second-order valence-electron chi connectivity index (χ2n) is 6.79. The first-order valence-corrected chi connectivity index (χ1v) is 8.63. The van der Waals surface area contributed by atoms with Crippen LogP contribution in [0.1, 0.15) is 43.4 Å². The molecule has 0 saturated heterocycles. The lowest BCUT2D eigenvalue weighted by molar-refractivity contribution is -0.907. The van der Waals surface area contributed by atoms with E-state index in [1.54, 1.807) is 18.2 Å². The Morgan fingerprint density at radius 3 is 2.36 bits per heavy atom. The summed E-state index contributed by atoms with van der Waals surface area (Å²) in [6.07, 6.45) is 0. The van der Waals surface area contributed by atoms with E-state index in [1.165, 1.54) is 11.1 Å². The Morgan fingerprint density at radius 1 is 1.12 bits per heavy atom. The fourth-order valence-electron chi connectivity index (χ4n) is 2.65. The maximum atomic E-state index is 12.5. The van der Waals surface area contributed by atoms with Crippen LogP contribution < -0.4 is 10.2 Å². The van der Waals surface area contributed by atoms with Crippen molar-refractivity contribution < 1.29 is 9.69 Å². The van der Waals surface area contributed by atoms with Gasteiger partial charge in [0.05, 0.1) is 18.3 Å². The van der Waals surface area contributed by atoms with Crippen LogP contribution in [0.25, 0.3) is 0 Å². The van der Waals surface area contributed by atoms with Gasteiger partial charge in [0.2, 0.25) is 0 Å². The number of carbonyl (C=O) groups is 1. The highest BCUT2D eigenvalue weighted by atomic mass is 16.2. The molecule has 0 radical (unpaired) electrons. The quantitative estimate of drug-likeness (QED) is 0.852. The van der Waals surface area contributed by atoms with Crippen LogP contribution in [0.4, 0.5) is 5.69 Å². The molecule has 4 heteroatoms. The molecule has 4 nitrogen and oxygen atoms in total. The first-order valence-electron chi connectivity index (χ1n) is 8.63. The Balaban J connectivity index is 2.00. The Labute approximate surface area is 150 Å². The number of rotatable bonds is 6. The van der Waals surface area contributed by atoms with Crippen molar-refractivity contribution in [2.75, 3.05) is 12.4 Å². The number of nitriles is 1. The molecule has 2 aromatic carbocycles. The molecule has 0 aliphatic rings. The molecular weight excluding hydrogens is 310 g/mol. The molecular formula is C21H26N3O+. The molecule has 0 aliphatic carbocycles. The number of amides is 1. The highest BCUT2D eigenvalue weighted by Crippen LogP contribution is 2.15. The number of hydrogen-bond donors (Lipinski definition) is 2. The Morgan fingerprint density at radius 2 is 1.76 bits per heavy atom. The number of carbonyl (C=O) groups excluding carboxylic acids is 1. The van der Waals surface area contributed by atoms with Gasteiger partial charge in [0.25, 0.3) is 5.91 Å². The molecule has 0 bridgehead atoms. The van der Waals surface area contributed by atoms with Gasteiger partial charge >= 0.3 is 0 Å². The maximum Gasteiger partial charge on any atom is 0.282 e. The van der Waals surface area contributed by atoms with Crippen LogP contribution in [0.2, 0.25) is 0 Å². The predicted molar refractivity (Wildman–Crippen MR) is 100 cm³/mol. The molecule has 2 atom stereocenters. The van der Waals surface area contributed by atoms with Crippen molar-refractivity contribution in [3.05, 3.63) is 65.2 Å². The number of benzene rings is 2. The molecule has 2 rings (SSSR count). The third kappa shape index (κ3) is 4.91. The number of likely N-dealkylation sites (N-methyl/N-ethyl adjacent to an activating group) is 1. The molecule has 0 fully saturated rings. The van der Waals surface area contributed by atoms with Crippen LogP contribution in [0.3, 0.4) is 0 Å². The molecule has 0 heterocycles. The zero-order valence-electron chi connectivity index (χ0n) is 15.3. The molecule has 0 aromatic heterocycles. The topological polar surface area (TPSA) is 57.3 Å². The van der Waals surface area contributed by atoms with Gasteiger partial charge < -0.3 is 10.2 Å². The summed E-state index contributed by atoms with van der Waals surface area (Å²) in [4.78, 5) is 13.6. The lowest BCUT2D eigenvalue weighted by atomic mass is 10.0. The number of nitrogens with zero attached hydrogens (tertiary/aromatic N) is 1. The highest BCUT2D eigenvalue weighted by Gasteiger charge is 2.22. The van der Waals surface area contributed by atoms with Crippen molar-refractivity contribution in [2.45, 2.75) is 39.3 Å². The van der Waals surface area contributed by atoms with E-state index in [0.29, 0.717) is 17.2 Å². The summed E-state index contributed by atoms with van der Waals surface area (Å²) in [5, 5.41) is 12.0. The number of nitrogens with one attached hydrogen (secondary N) is 2. The SMILES string of the molecule is CC(C)c1ccc(C[NH+](C)[C@H](C)C(=O)Nc2ccccc2C#N)cc1. The molecule has 130 valence electrons. The van der Waals surface area contributed by atoms with Crippen LogP contribution in [0.15, 0.2) is 48.5 Å². The van der Waals surface area contributed by atoms with Gasteiger partial charge in [-0.25, -0.2) is 0 Å². The van der Waals surface area contributed by atoms with Gasteiger partial charge in [-0.3, -0.25) is 4.79 Å². The summed E-state index contributed by atoms with van der Waals surface area (Å²) in [5.74, 6) is 0.433. The number of anilines is 1. The van der Waals surface area contributed by atoms with Crippen molar-refractivity contribution in [2.24, 2.45) is 0 Å². The number of hydrogen-bond acceptors (Lipinski definition) is 2. The second kappa shape index (κ2) is 8.46. The van der Waals surface area contributed by atoms with Crippen LogP contribution >= 0.6 is 0 Å². The third-order valence-electron chi connectivity index (χ3n) is 4.57. The summed E-state index contributed by atoms with van der Waals surface area (Å²) in [6.45, 7) is 7.03. The van der Waals surface area contributed by atoms with E-state index in [1.807, 2.05) is 20.0 Å². The van der Waals surface area contributed by atoms with E-state index in [0.717, 1.165) is 11.4 Å². The average Bonchev–Trinajstić information content (AvgIpc) is 2.61. The molecule has 0 saturated carbocycles. The van der Waals surface area contributed by atoms with E-state index in [9.17, 15) is 4.79 Å². The lowest BCUT2D eigenvalue weighted by Gasteiger charge is -2.21. The lowest BCUT2D eigenvalue weighted by Crippen LogP contribution is -3.12. The zero-order chi connectivity index (χ0) is 18.4. The summed E-state index contributed by atoms with van der Waals surface area (Å²) >= 11 is 0. The molecule has 2 N–H and O–H groups in total. The fourth-order valence-corrected chi connectivity index (χ4v) is 2.65. The normalized spacial score (nSPS) is 13.1. The summed E-state index contributed by atoms with van der Waals surface area (Å²) in [5.41, 5.74) is 3.57. The van der Waals surface area contributed by atoms with Gasteiger partial charge in [0.1, 0.15) is 12.6 Å². The third-order valence-corrected chi connectivity index (χ3v) is 4.57. The van der Waals surface area contributed by atoms with Gasteiger partial charge in [0, 0.05) is 5.56 Å². The Kier molecular flexibility index (Phi) is 6.32. The first kappa shape index (κ1) is 18.7. The summed E-state index contributed by atoms with van der Waals surface area (Å²) < 4.78 is 0. The van der Waals surface area contributed by atoms with E-state index in [4.69, 9.17) is 5.26 Å². The van der Waals surface area contributed by atoms with Crippen molar-refractivity contribution in [3.63, 3.8) is 0 Å². The van der Waals surface area contributed by atoms with Crippen molar-refractivity contribution >= 4 is 11.6 Å². The first-order chi connectivity index (χ1) is 11.9. The summed E-state index contributed by atoms with van der Waals surface area (Å²) in [6, 6.07) is 17.5. The minimum atomic E-state index is -0.225. The van der Waals surface area contributed by atoms with Crippen LogP contribution in [0, 0.1) is 11.3 Å². The molecule has 2 aromatic rings. The van der Waals surface area contributed by atoms with Gasteiger partial charge in [-0.05, 0) is 30.5 Å². The minimum Gasteiger partial charge on any atom is -0.324 e. The predicted octanol–water partition coefficient (Wildman–Crippen LogP) is 2.72. The minimum absolute atomic E-state index is 0.0843. The van der Waals surface area contributed by atoms with Crippen LogP contribution in [0.5, 0.6) is 0 Å². The molecule has 0 aliphatic heterocycles. The number of quaternary nitrogens is 1. The highest BCUT2D eigenvalue weighted by molar-refractivity contribution is 5.94. The van der Waals surface area contributed by atoms with Crippen LogP contribution in [-0.4, -0.2) is 19.0 Å². The molecule has 1 amide bonds. The van der Waals surface area contributed by atoms with Crippen molar-refractivity contribution in [1.29, 1.82) is 5.26 Å². The molecule has 25 heavy (non-hydrogen) atoms. The molecule has 1 unspecified atom stereocenters. The standard InChI is InChI=1S/C21H25N3O/c1-15(2)18-11-9-17(10-12-18)14-24(4)16(3)21(25)23-20-8-6-5-7-19(20)13-22/h5-12,15-16H,14H2,1-4H3,(H,23,25)/p+1/t16-/m1/s1. The fraction of sp³-hybridized carbons (Fsp3) is 0.333. The average molecular weight is 336 g/mol. The zero-order valence-corrected chi connectivity index (χ0v) is 15.3. The Hall–Kier alpha value is -2.64. The van der Waals surface area contributed by atoms with E-state index in [2.05, 4.69) is 49.5 Å². The molecule has 0 spiro atoms. The monoisotopic (exact) mass is 336 g/mol. The maximum absolute atomic E-state index is 12.5. The van der Waals surface area contributed by atoms with Crippen molar-refractivity contribution in [1.82, 2.24) is 0 Å². The van der Waals surface area contributed by atoms with Gasteiger partial charge in [0.15, 0.2) is 6.04 Å². The van der Waals surface area contributed by atoms with E-state index >= 15 is 0 Å². The largest absolute Gasteiger partial charge is 0.324 e. The van der Waals surface area contributed by atoms with Gasteiger partial charge in [-0.1, -0.05) is 50.2 Å². The second-order valence-corrected chi connectivity index (χ2v) is 6.79. The van der Waals surface area contributed by atoms with Gasteiger partial charge in [-0.15, -0.1) is 0 Å². The summed E-state index contributed by atoms with van der Waals surface area (Å²) in [7, 11) is 2.01. The van der Waals surface area contributed by atoms with E-state index in [-0.39, 0.29) is 11.9 Å². The Bertz CT molecular complexity index is 759. The van der Waals surface area contributed by atoms with Gasteiger partial charge in [-0.2, -0.15) is 5.26 Å². The van der Waals surface area contributed by atoms with Crippen molar-refractivity contribution in [3.8, 4) is 6.07 Å². The van der Waals surface area contributed by atoms with E-state index < -0.39 is 0 Å². The smallest absolute Gasteiger partial charge is 0.282 e. The van der Waals surface area contributed by atoms with Crippen LogP contribution in [-0.2, 0) is 11.3 Å².